The lowest BCUT2D eigenvalue weighted by molar-refractivity contribution is -0.104. The van der Waals surface area contributed by atoms with Gasteiger partial charge in [0.25, 0.3) is 5.91 Å². The minimum absolute atomic E-state index is 0.286. The van der Waals surface area contributed by atoms with E-state index >= 15 is 0 Å². The number of aryl methyl sites for hydroxylation is 1. The van der Waals surface area contributed by atoms with Crippen LogP contribution in [0, 0.1) is 6.92 Å². The molecule has 0 atom stereocenters. The highest BCUT2D eigenvalue weighted by Crippen LogP contribution is 2.32. The second kappa shape index (κ2) is 9.38. The van der Waals surface area contributed by atoms with Gasteiger partial charge < -0.3 is 20.9 Å². The van der Waals surface area contributed by atoms with Crippen molar-refractivity contribution in [2.45, 2.75) is 6.92 Å². The molecule has 3 heterocycles. The third-order valence-corrected chi connectivity index (χ3v) is 6.76. The Kier molecular flexibility index (Phi) is 6.40. The number of hydrogen-bond acceptors (Lipinski definition) is 9. The van der Waals surface area contributed by atoms with E-state index in [2.05, 4.69) is 25.8 Å². The number of para-hydroxylation sites is 2. The van der Waals surface area contributed by atoms with Crippen molar-refractivity contribution in [3.05, 3.63) is 51.8 Å². The molecule has 31 heavy (non-hydrogen) atoms. The van der Waals surface area contributed by atoms with Gasteiger partial charge in [-0.2, -0.15) is 0 Å². The number of thiazole rings is 1. The lowest BCUT2D eigenvalue weighted by Gasteiger charge is -2.31. The Morgan fingerprint density at radius 1 is 1.23 bits per heavy atom. The van der Waals surface area contributed by atoms with Gasteiger partial charge in [-0.05, 0) is 30.7 Å². The maximum atomic E-state index is 12.8. The van der Waals surface area contributed by atoms with Crippen LogP contribution < -0.4 is 20.9 Å². The predicted molar refractivity (Wildman–Crippen MR) is 124 cm³/mol. The maximum Gasteiger partial charge on any atom is 0.275 e. The summed E-state index contributed by atoms with van der Waals surface area (Å²) in [5.74, 6) is -0.838. The molecule has 160 valence electrons. The summed E-state index contributed by atoms with van der Waals surface area (Å²) < 4.78 is 0. The second-order valence-electron chi connectivity index (χ2n) is 6.98. The van der Waals surface area contributed by atoms with Crippen LogP contribution in [0.15, 0.2) is 35.7 Å². The Labute approximate surface area is 187 Å². The first-order valence-corrected chi connectivity index (χ1v) is 11.4. The minimum atomic E-state index is -0.552. The van der Waals surface area contributed by atoms with Gasteiger partial charge in [0, 0.05) is 31.6 Å². The highest BCUT2D eigenvalue weighted by Gasteiger charge is 2.18. The van der Waals surface area contributed by atoms with Gasteiger partial charge in [0.15, 0.2) is 11.4 Å². The summed E-state index contributed by atoms with van der Waals surface area (Å²) in [5.41, 5.74) is 2.89. The number of aromatic nitrogens is 1. The molecular weight excluding hydrogens is 434 g/mol. The van der Waals surface area contributed by atoms with Gasteiger partial charge in [-0.3, -0.25) is 14.4 Å². The van der Waals surface area contributed by atoms with Gasteiger partial charge in [-0.15, -0.1) is 22.7 Å². The van der Waals surface area contributed by atoms with Crippen LogP contribution in [0.1, 0.15) is 25.7 Å². The van der Waals surface area contributed by atoms with Gasteiger partial charge in [0.05, 0.1) is 21.3 Å². The van der Waals surface area contributed by atoms with Crippen molar-refractivity contribution in [1.29, 1.82) is 0 Å². The molecule has 1 amide bonds. The van der Waals surface area contributed by atoms with Crippen LogP contribution in [0.2, 0.25) is 0 Å². The summed E-state index contributed by atoms with van der Waals surface area (Å²) in [6.07, 6.45) is 0.305. The van der Waals surface area contributed by atoms with Crippen molar-refractivity contribution in [3.8, 4) is 0 Å². The van der Waals surface area contributed by atoms with E-state index in [9.17, 15) is 14.4 Å². The van der Waals surface area contributed by atoms with Crippen LogP contribution in [0.4, 0.5) is 21.5 Å². The highest BCUT2D eigenvalue weighted by atomic mass is 32.1. The van der Waals surface area contributed by atoms with Crippen molar-refractivity contribution in [1.82, 2.24) is 10.3 Å². The van der Waals surface area contributed by atoms with E-state index in [-0.39, 0.29) is 5.91 Å². The topological polar surface area (TPSA) is 103 Å². The molecular formula is C21H21N5O3S2. The van der Waals surface area contributed by atoms with E-state index in [4.69, 9.17) is 0 Å². The molecule has 1 saturated heterocycles. The van der Waals surface area contributed by atoms with Crippen molar-refractivity contribution in [2.75, 3.05) is 41.7 Å². The predicted octanol–water partition coefficient (Wildman–Crippen LogP) is 3.30. The second-order valence-corrected chi connectivity index (χ2v) is 8.89. The zero-order valence-electron chi connectivity index (χ0n) is 16.8. The Hall–Kier alpha value is -3.08. The number of Topliss-reactive ketones (excluding diaryl/α,β-unsaturated/α-hetero) is 1. The van der Waals surface area contributed by atoms with Gasteiger partial charge in [0.1, 0.15) is 5.69 Å². The van der Waals surface area contributed by atoms with E-state index in [1.54, 1.807) is 11.4 Å². The fraction of sp³-hybridized carbons (Fsp3) is 0.238. The molecule has 0 spiro atoms. The Morgan fingerprint density at radius 2 is 2.00 bits per heavy atom. The monoisotopic (exact) mass is 455 g/mol. The van der Waals surface area contributed by atoms with Crippen LogP contribution in [-0.4, -0.2) is 49.1 Å². The molecule has 1 aromatic carbocycles. The number of nitrogens with one attached hydrogen (secondary N) is 3. The zero-order chi connectivity index (χ0) is 21.8. The summed E-state index contributed by atoms with van der Waals surface area (Å²) in [4.78, 5) is 42.1. The third kappa shape index (κ3) is 4.82. The van der Waals surface area contributed by atoms with Gasteiger partial charge in [0.2, 0.25) is 5.78 Å². The number of piperazine rings is 1. The molecule has 0 unspecified atom stereocenters. The number of benzene rings is 1. The first kappa shape index (κ1) is 21.2. The zero-order valence-corrected chi connectivity index (χ0v) is 18.4. The smallest absolute Gasteiger partial charge is 0.275 e. The fourth-order valence-corrected chi connectivity index (χ4v) is 5.00. The average Bonchev–Trinajstić information content (AvgIpc) is 3.41. The summed E-state index contributed by atoms with van der Waals surface area (Å²) >= 11 is 2.49. The fourth-order valence-electron chi connectivity index (χ4n) is 3.27. The molecule has 1 fully saturated rings. The Morgan fingerprint density at radius 3 is 2.77 bits per heavy atom. The van der Waals surface area contributed by atoms with Crippen molar-refractivity contribution < 1.29 is 14.4 Å². The van der Waals surface area contributed by atoms with Crippen LogP contribution in [0.25, 0.3) is 0 Å². The number of carbonyl (C=O) groups is 3. The largest absolute Gasteiger partial charge is 0.367 e. The first-order chi connectivity index (χ1) is 15.0. The molecule has 1 aliphatic heterocycles. The Bertz CT molecular complexity index is 1120. The molecule has 0 aliphatic carbocycles. The van der Waals surface area contributed by atoms with Crippen LogP contribution in [-0.2, 0) is 4.79 Å². The van der Waals surface area contributed by atoms with Gasteiger partial charge >= 0.3 is 0 Å². The number of rotatable bonds is 7. The summed E-state index contributed by atoms with van der Waals surface area (Å²) in [5, 5.41) is 12.4. The molecule has 8 nitrogen and oxygen atoms in total. The standard InChI is InChI=1S/C21H21N5O3S2/c1-13-10-18(17(28)11-27)31-20(13)25-21-24-15(12-30-21)19(29)23-14-4-2-3-5-16(14)26-8-6-22-7-9-26/h2-5,10-12,22H,6-9H2,1H3,(H,23,29)(H,24,25). The average molecular weight is 456 g/mol. The van der Waals surface area contributed by atoms with Crippen molar-refractivity contribution in [2.24, 2.45) is 0 Å². The number of carbonyl (C=O) groups excluding carboxylic acids is 3. The van der Waals surface area contributed by atoms with Gasteiger partial charge in [-0.1, -0.05) is 12.1 Å². The van der Waals surface area contributed by atoms with Crippen LogP contribution in [0.5, 0.6) is 0 Å². The van der Waals surface area contributed by atoms with Crippen molar-refractivity contribution in [3.63, 3.8) is 0 Å². The van der Waals surface area contributed by atoms with Crippen LogP contribution in [0.3, 0.4) is 0 Å². The van der Waals surface area contributed by atoms with E-state index in [1.165, 1.54) is 22.7 Å². The van der Waals surface area contributed by atoms with Crippen molar-refractivity contribution >= 4 is 62.2 Å². The number of nitrogens with zero attached hydrogens (tertiary/aromatic N) is 2. The molecule has 2 aromatic heterocycles. The molecule has 0 radical (unpaired) electrons. The van der Waals surface area contributed by atoms with E-state index in [0.717, 1.165) is 48.1 Å². The lowest BCUT2D eigenvalue weighted by Crippen LogP contribution is -2.43. The number of aldehydes is 1. The van der Waals surface area contributed by atoms with Crippen LogP contribution >= 0.6 is 22.7 Å². The minimum Gasteiger partial charge on any atom is -0.367 e. The SMILES string of the molecule is Cc1cc(C(=O)C=O)sc1Nc1nc(C(=O)Nc2ccccc2N2CCNCC2)cs1. The molecule has 10 heteroatoms. The van der Waals surface area contributed by atoms with E-state index in [1.807, 2.05) is 31.2 Å². The molecule has 1 aliphatic rings. The number of ketones is 1. The lowest BCUT2D eigenvalue weighted by atomic mass is 10.2. The Balaban J connectivity index is 1.47. The maximum absolute atomic E-state index is 12.8. The molecule has 4 rings (SSSR count). The molecule has 0 bridgehead atoms. The number of anilines is 4. The third-order valence-electron chi connectivity index (χ3n) is 4.83. The molecule has 3 N–H and O–H groups in total. The summed E-state index contributed by atoms with van der Waals surface area (Å²) in [6, 6.07) is 9.42. The number of hydrogen-bond donors (Lipinski definition) is 3. The quantitative estimate of drug-likeness (QED) is 0.285. The normalized spacial score (nSPS) is 13.6. The van der Waals surface area contributed by atoms with Gasteiger partial charge in [-0.25, -0.2) is 4.98 Å². The van der Waals surface area contributed by atoms with E-state index in [0.29, 0.717) is 22.0 Å². The molecule has 3 aromatic rings. The number of amides is 1. The summed E-state index contributed by atoms with van der Waals surface area (Å²) in [7, 11) is 0. The van der Waals surface area contributed by atoms with E-state index < -0.39 is 5.78 Å². The molecule has 0 saturated carbocycles. The first-order valence-electron chi connectivity index (χ1n) is 9.73. The summed E-state index contributed by atoms with van der Waals surface area (Å²) in [6.45, 7) is 5.42. The number of thiophene rings is 1. The highest BCUT2D eigenvalue weighted by molar-refractivity contribution is 7.19.